The fourth-order valence-electron chi connectivity index (χ4n) is 2.60. The SMILES string of the molecule is Cc1ccoc1C(=O)N1CCN(c2ncccn2)C[C@H]1C(=O)O. The summed E-state index contributed by atoms with van der Waals surface area (Å²) in [5.74, 6) is -0.836. The van der Waals surface area contributed by atoms with E-state index in [1.54, 1.807) is 36.4 Å². The van der Waals surface area contributed by atoms with Crippen LogP contribution in [0.1, 0.15) is 16.1 Å². The first kappa shape index (κ1) is 15.0. The standard InChI is InChI=1S/C15H16N4O4/c1-10-3-8-23-12(10)13(20)19-7-6-18(9-11(19)14(21)22)15-16-4-2-5-17-15/h2-5,8,11H,6-7,9H2,1H3,(H,21,22)/t11-/m0/s1. The highest BCUT2D eigenvalue weighted by atomic mass is 16.4. The molecule has 2 aromatic heterocycles. The van der Waals surface area contributed by atoms with Gasteiger partial charge in [-0.15, -0.1) is 0 Å². The van der Waals surface area contributed by atoms with Crippen LogP contribution in [-0.4, -0.2) is 57.5 Å². The molecular weight excluding hydrogens is 300 g/mol. The highest BCUT2D eigenvalue weighted by molar-refractivity contribution is 5.95. The molecule has 1 atom stereocenters. The summed E-state index contributed by atoms with van der Waals surface area (Å²) in [6.07, 6.45) is 4.62. The van der Waals surface area contributed by atoms with E-state index in [4.69, 9.17) is 4.42 Å². The molecule has 0 bridgehead atoms. The van der Waals surface area contributed by atoms with Crippen LogP contribution < -0.4 is 4.90 Å². The molecule has 0 spiro atoms. The van der Waals surface area contributed by atoms with Gasteiger partial charge in [0.1, 0.15) is 6.04 Å². The molecule has 0 unspecified atom stereocenters. The zero-order chi connectivity index (χ0) is 16.4. The molecule has 3 rings (SSSR count). The average Bonchev–Trinajstić information content (AvgIpc) is 3.00. The number of carboxylic acids is 1. The number of aryl methyl sites for hydroxylation is 1. The topological polar surface area (TPSA) is 99.8 Å². The second-order valence-electron chi connectivity index (χ2n) is 5.28. The lowest BCUT2D eigenvalue weighted by atomic mass is 10.1. The number of aliphatic carboxylic acids is 1. The third-order valence-corrected chi connectivity index (χ3v) is 3.82. The monoisotopic (exact) mass is 316 g/mol. The first-order chi connectivity index (χ1) is 11.1. The molecule has 1 fully saturated rings. The lowest BCUT2D eigenvalue weighted by molar-refractivity contribution is -0.142. The summed E-state index contributed by atoms with van der Waals surface area (Å²) in [6, 6.07) is 2.39. The Balaban J connectivity index is 1.82. The summed E-state index contributed by atoms with van der Waals surface area (Å²) in [6.45, 7) is 2.60. The average molecular weight is 316 g/mol. The smallest absolute Gasteiger partial charge is 0.328 e. The summed E-state index contributed by atoms with van der Waals surface area (Å²) in [5, 5.41) is 9.50. The number of furan rings is 1. The normalized spacial score (nSPS) is 18.0. The molecule has 1 saturated heterocycles. The number of amides is 1. The summed E-state index contributed by atoms with van der Waals surface area (Å²) in [7, 11) is 0. The molecule has 0 saturated carbocycles. The lowest BCUT2D eigenvalue weighted by Crippen LogP contribution is -2.58. The van der Waals surface area contributed by atoms with Crippen molar-refractivity contribution in [2.45, 2.75) is 13.0 Å². The Morgan fingerprint density at radius 3 is 2.65 bits per heavy atom. The van der Waals surface area contributed by atoms with Crippen LogP contribution in [0, 0.1) is 6.92 Å². The molecule has 1 aliphatic rings. The second-order valence-corrected chi connectivity index (χ2v) is 5.28. The maximum Gasteiger partial charge on any atom is 0.328 e. The van der Waals surface area contributed by atoms with Crippen molar-refractivity contribution in [2.24, 2.45) is 0 Å². The summed E-state index contributed by atoms with van der Waals surface area (Å²) in [4.78, 5) is 35.5. The molecule has 120 valence electrons. The van der Waals surface area contributed by atoms with Gasteiger partial charge in [0.2, 0.25) is 5.95 Å². The Bertz CT molecular complexity index is 715. The number of carboxylic acid groups (broad SMARTS) is 1. The van der Waals surface area contributed by atoms with Gasteiger partial charge in [0.25, 0.3) is 5.91 Å². The van der Waals surface area contributed by atoms with Crippen LogP contribution in [0.5, 0.6) is 0 Å². The number of aromatic nitrogens is 2. The first-order valence-corrected chi connectivity index (χ1v) is 7.17. The third kappa shape index (κ3) is 2.87. The van der Waals surface area contributed by atoms with Gasteiger partial charge in [-0.25, -0.2) is 14.8 Å². The van der Waals surface area contributed by atoms with Gasteiger partial charge in [-0.1, -0.05) is 0 Å². The zero-order valence-electron chi connectivity index (χ0n) is 12.5. The lowest BCUT2D eigenvalue weighted by Gasteiger charge is -2.38. The fraction of sp³-hybridized carbons (Fsp3) is 0.333. The van der Waals surface area contributed by atoms with Crippen LogP contribution in [0.25, 0.3) is 0 Å². The summed E-state index contributed by atoms with van der Waals surface area (Å²) < 4.78 is 5.20. The van der Waals surface area contributed by atoms with Crippen molar-refractivity contribution in [3.63, 3.8) is 0 Å². The number of carbonyl (C=O) groups excluding carboxylic acids is 1. The highest BCUT2D eigenvalue weighted by Crippen LogP contribution is 2.19. The quantitative estimate of drug-likeness (QED) is 0.893. The van der Waals surface area contributed by atoms with Crippen LogP contribution >= 0.6 is 0 Å². The number of hydrogen-bond donors (Lipinski definition) is 1. The molecule has 8 heteroatoms. The van der Waals surface area contributed by atoms with Crippen LogP contribution in [0.15, 0.2) is 35.2 Å². The van der Waals surface area contributed by atoms with E-state index in [-0.39, 0.29) is 18.8 Å². The Morgan fingerprint density at radius 2 is 2.04 bits per heavy atom. The van der Waals surface area contributed by atoms with Gasteiger partial charge >= 0.3 is 5.97 Å². The minimum Gasteiger partial charge on any atom is -0.480 e. The van der Waals surface area contributed by atoms with Crippen molar-refractivity contribution in [3.8, 4) is 0 Å². The molecule has 2 aromatic rings. The molecule has 23 heavy (non-hydrogen) atoms. The van der Waals surface area contributed by atoms with E-state index in [0.29, 0.717) is 18.1 Å². The maximum atomic E-state index is 12.6. The number of hydrogen-bond acceptors (Lipinski definition) is 6. The highest BCUT2D eigenvalue weighted by Gasteiger charge is 2.37. The van der Waals surface area contributed by atoms with E-state index in [0.717, 1.165) is 0 Å². The number of anilines is 1. The van der Waals surface area contributed by atoms with E-state index in [9.17, 15) is 14.7 Å². The van der Waals surface area contributed by atoms with E-state index in [2.05, 4.69) is 9.97 Å². The summed E-state index contributed by atoms with van der Waals surface area (Å²) >= 11 is 0. The van der Waals surface area contributed by atoms with Gasteiger partial charge < -0.3 is 19.3 Å². The van der Waals surface area contributed by atoms with Crippen molar-refractivity contribution >= 4 is 17.8 Å². The van der Waals surface area contributed by atoms with Gasteiger partial charge in [-0.2, -0.15) is 0 Å². The Labute approximate surface area is 132 Å². The Morgan fingerprint density at radius 1 is 1.30 bits per heavy atom. The van der Waals surface area contributed by atoms with E-state index in [1.807, 2.05) is 0 Å². The minimum absolute atomic E-state index is 0.130. The van der Waals surface area contributed by atoms with Crippen molar-refractivity contribution in [1.82, 2.24) is 14.9 Å². The molecule has 1 N–H and O–H groups in total. The molecule has 1 aliphatic heterocycles. The van der Waals surface area contributed by atoms with Crippen LogP contribution in [0.3, 0.4) is 0 Å². The van der Waals surface area contributed by atoms with Crippen LogP contribution in [-0.2, 0) is 4.79 Å². The number of nitrogens with zero attached hydrogens (tertiary/aromatic N) is 4. The van der Waals surface area contributed by atoms with Gasteiger partial charge in [-0.3, -0.25) is 4.79 Å². The van der Waals surface area contributed by atoms with E-state index < -0.39 is 17.9 Å². The van der Waals surface area contributed by atoms with Crippen molar-refractivity contribution in [2.75, 3.05) is 24.5 Å². The van der Waals surface area contributed by atoms with Gasteiger partial charge in [0.05, 0.1) is 12.8 Å². The summed E-state index contributed by atoms with van der Waals surface area (Å²) in [5.41, 5.74) is 0.688. The molecule has 1 amide bonds. The first-order valence-electron chi connectivity index (χ1n) is 7.17. The number of piperazine rings is 1. The maximum absolute atomic E-state index is 12.6. The molecular formula is C15H16N4O4. The second kappa shape index (κ2) is 6.07. The van der Waals surface area contributed by atoms with Crippen LogP contribution in [0.4, 0.5) is 5.95 Å². The van der Waals surface area contributed by atoms with Gasteiger partial charge in [-0.05, 0) is 19.1 Å². The molecule has 3 heterocycles. The Kier molecular flexibility index (Phi) is 3.96. The van der Waals surface area contributed by atoms with E-state index in [1.165, 1.54) is 11.2 Å². The molecule has 0 radical (unpaired) electrons. The largest absolute Gasteiger partial charge is 0.480 e. The fourth-order valence-corrected chi connectivity index (χ4v) is 2.60. The minimum atomic E-state index is -1.07. The Hall–Kier alpha value is -2.90. The van der Waals surface area contributed by atoms with Crippen molar-refractivity contribution < 1.29 is 19.1 Å². The zero-order valence-corrected chi connectivity index (χ0v) is 12.5. The van der Waals surface area contributed by atoms with Crippen molar-refractivity contribution in [3.05, 3.63) is 42.1 Å². The molecule has 8 nitrogen and oxygen atoms in total. The van der Waals surface area contributed by atoms with Crippen molar-refractivity contribution in [1.29, 1.82) is 0 Å². The third-order valence-electron chi connectivity index (χ3n) is 3.82. The number of carbonyl (C=O) groups is 2. The van der Waals surface area contributed by atoms with Crippen LogP contribution in [0.2, 0.25) is 0 Å². The van der Waals surface area contributed by atoms with E-state index >= 15 is 0 Å². The molecule has 0 aliphatic carbocycles. The number of rotatable bonds is 3. The van der Waals surface area contributed by atoms with Gasteiger partial charge in [0.15, 0.2) is 5.76 Å². The molecule has 0 aromatic carbocycles. The predicted octanol–water partition coefficient (Wildman–Crippen LogP) is 0.794. The predicted molar refractivity (Wildman–Crippen MR) is 80.2 cm³/mol. The van der Waals surface area contributed by atoms with Gasteiger partial charge in [0, 0.05) is 31.0 Å².